The van der Waals surface area contributed by atoms with E-state index in [2.05, 4.69) is 21.9 Å². The van der Waals surface area contributed by atoms with Crippen LogP contribution >= 0.6 is 0 Å². The van der Waals surface area contributed by atoms with E-state index in [0.29, 0.717) is 6.54 Å². The molecular weight excluding hydrogens is 354 g/mol. The lowest BCUT2D eigenvalue weighted by Gasteiger charge is -2.39. The average molecular weight is 384 g/mol. The van der Waals surface area contributed by atoms with E-state index >= 15 is 0 Å². The number of carbonyl (C=O) groups excluding carboxylic acids is 1. The van der Waals surface area contributed by atoms with Crippen LogP contribution in [0.2, 0.25) is 0 Å². The molecule has 1 aromatic rings. The van der Waals surface area contributed by atoms with Crippen LogP contribution in [0.15, 0.2) is 35.2 Å². The second-order valence-electron chi connectivity index (χ2n) is 6.83. The van der Waals surface area contributed by atoms with Crippen LogP contribution in [0.5, 0.6) is 0 Å². The summed E-state index contributed by atoms with van der Waals surface area (Å²) in [7, 11) is -3.57. The molecule has 7 nitrogen and oxygen atoms in total. The van der Waals surface area contributed by atoms with Crippen molar-refractivity contribution in [2.24, 2.45) is 0 Å². The Morgan fingerprint density at radius 2 is 1.85 bits per heavy atom. The van der Waals surface area contributed by atoms with Crippen molar-refractivity contribution in [1.29, 1.82) is 0 Å². The quantitative estimate of drug-likeness (QED) is 0.698. The van der Waals surface area contributed by atoms with E-state index in [9.17, 15) is 13.2 Å². The van der Waals surface area contributed by atoms with Gasteiger partial charge in [0.15, 0.2) is 0 Å². The smallest absolute Gasteiger partial charge is 0.240 e. The molecule has 8 heteroatoms. The lowest BCUT2D eigenvalue weighted by atomic mass is 10.1. The van der Waals surface area contributed by atoms with Gasteiger partial charge >= 0.3 is 0 Å². The highest BCUT2D eigenvalue weighted by molar-refractivity contribution is 7.89. The fourth-order valence-electron chi connectivity index (χ4n) is 3.04. The monoisotopic (exact) mass is 383 g/mol. The molecule has 26 heavy (non-hydrogen) atoms. The predicted molar refractivity (Wildman–Crippen MR) is 100 cm³/mol. The van der Waals surface area contributed by atoms with Crippen LogP contribution in [0.3, 0.4) is 0 Å². The number of sulfonamides is 1. The first kappa shape index (κ1) is 20.8. The summed E-state index contributed by atoms with van der Waals surface area (Å²) in [5, 5.41) is 2.88. The molecule has 1 aliphatic heterocycles. The first-order valence-electron chi connectivity index (χ1n) is 8.99. The minimum absolute atomic E-state index is 0.0725. The molecule has 2 N–H and O–H groups in total. The van der Waals surface area contributed by atoms with E-state index in [1.165, 1.54) is 12.1 Å². The third-order valence-electron chi connectivity index (χ3n) is 4.36. The zero-order valence-corrected chi connectivity index (χ0v) is 16.5. The summed E-state index contributed by atoms with van der Waals surface area (Å²) in [5.41, 5.74) is 0. The highest BCUT2D eigenvalue weighted by Crippen LogP contribution is 2.13. The van der Waals surface area contributed by atoms with Crippen LogP contribution < -0.4 is 10.0 Å². The highest BCUT2D eigenvalue weighted by Gasteiger charge is 2.25. The lowest BCUT2D eigenvalue weighted by Crippen LogP contribution is -2.52. The van der Waals surface area contributed by atoms with Gasteiger partial charge in [-0.2, -0.15) is 0 Å². The molecule has 0 radical (unpaired) electrons. The minimum Gasteiger partial charge on any atom is -0.373 e. The van der Waals surface area contributed by atoms with Gasteiger partial charge in [-0.05, 0) is 32.9 Å². The Kier molecular flexibility index (Phi) is 7.57. The Balaban J connectivity index is 1.70. The molecule has 1 heterocycles. The Bertz CT molecular complexity index is 671. The first-order valence-corrected chi connectivity index (χ1v) is 10.5. The normalized spacial score (nSPS) is 22.7. The van der Waals surface area contributed by atoms with Gasteiger partial charge in [-0.3, -0.25) is 9.69 Å². The second-order valence-corrected chi connectivity index (χ2v) is 8.59. The van der Waals surface area contributed by atoms with E-state index in [-0.39, 0.29) is 42.0 Å². The van der Waals surface area contributed by atoms with Crippen molar-refractivity contribution in [2.75, 3.05) is 26.2 Å². The molecule has 1 aliphatic rings. The number of hydrogen-bond donors (Lipinski definition) is 2. The van der Waals surface area contributed by atoms with E-state index in [4.69, 9.17) is 4.74 Å². The molecule has 1 saturated heterocycles. The van der Waals surface area contributed by atoms with Gasteiger partial charge in [0.2, 0.25) is 15.9 Å². The van der Waals surface area contributed by atoms with Crippen LogP contribution in [0, 0.1) is 0 Å². The van der Waals surface area contributed by atoms with E-state index in [1.54, 1.807) is 18.2 Å². The van der Waals surface area contributed by atoms with Crippen molar-refractivity contribution in [3.8, 4) is 0 Å². The average Bonchev–Trinajstić information content (AvgIpc) is 2.59. The molecule has 1 fully saturated rings. The predicted octanol–water partition coefficient (Wildman–Crippen LogP) is 0.969. The van der Waals surface area contributed by atoms with Gasteiger partial charge in [0.05, 0.1) is 17.1 Å². The molecule has 0 aliphatic carbocycles. The molecule has 3 unspecified atom stereocenters. The Morgan fingerprint density at radius 3 is 2.46 bits per heavy atom. The number of carbonyl (C=O) groups is 1. The van der Waals surface area contributed by atoms with Crippen molar-refractivity contribution in [2.45, 2.75) is 50.3 Å². The maximum atomic E-state index is 12.1. The second kappa shape index (κ2) is 9.45. The summed E-state index contributed by atoms with van der Waals surface area (Å²) < 4.78 is 32.3. The molecule has 2 rings (SSSR count). The van der Waals surface area contributed by atoms with Crippen LogP contribution in [0.4, 0.5) is 0 Å². The fourth-order valence-corrected chi connectivity index (χ4v) is 4.09. The third kappa shape index (κ3) is 6.35. The van der Waals surface area contributed by atoms with Gasteiger partial charge in [-0.1, -0.05) is 18.2 Å². The summed E-state index contributed by atoms with van der Waals surface area (Å²) >= 11 is 0. The van der Waals surface area contributed by atoms with E-state index in [0.717, 1.165) is 13.1 Å². The number of nitrogens with zero attached hydrogens (tertiary/aromatic N) is 1. The van der Waals surface area contributed by atoms with Gasteiger partial charge in [0.1, 0.15) is 0 Å². The summed E-state index contributed by atoms with van der Waals surface area (Å²) in [6.45, 7) is 8.46. The first-order chi connectivity index (χ1) is 12.3. The number of amides is 1. The van der Waals surface area contributed by atoms with Crippen molar-refractivity contribution < 1.29 is 17.9 Å². The zero-order valence-electron chi connectivity index (χ0n) is 15.6. The molecule has 0 spiro atoms. The molecular formula is C18H29N3O4S. The van der Waals surface area contributed by atoms with Gasteiger partial charge in [0.25, 0.3) is 0 Å². The third-order valence-corrected chi connectivity index (χ3v) is 5.84. The summed E-state index contributed by atoms with van der Waals surface area (Å²) in [5.74, 6) is -0.165. The van der Waals surface area contributed by atoms with Gasteiger partial charge in [-0.25, -0.2) is 13.1 Å². The highest BCUT2D eigenvalue weighted by atomic mass is 32.2. The van der Waals surface area contributed by atoms with E-state index in [1.807, 2.05) is 13.8 Å². The van der Waals surface area contributed by atoms with E-state index < -0.39 is 10.0 Å². The molecule has 3 atom stereocenters. The fraction of sp³-hybridized carbons (Fsp3) is 0.611. The largest absolute Gasteiger partial charge is 0.373 e. The van der Waals surface area contributed by atoms with Gasteiger partial charge < -0.3 is 10.1 Å². The van der Waals surface area contributed by atoms with Crippen molar-refractivity contribution in [3.63, 3.8) is 0 Å². The topological polar surface area (TPSA) is 87.7 Å². The standard InChI is InChI=1S/C18H29N3O4S/c1-14(21-12-15(2)25-16(3)13-21)11-19-18(22)9-10-20-26(23,24)17-7-5-4-6-8-17/h4-8,14-16,20H,9-13H2,1-3H3,(H,19,22). The Hall–Kier alpha value is -1.48. The number of morpholine rings is 1. The molecule has 0 aromatic heterocycles. The number of ether oxygens (including phenoxy) is 1. The number of rotatable bonds is 8. The molecule has 146 valence electrons. The summed E-state index contributed by atoms with van der Waals surface area (Å²) in [4.78, 5) is 14.5. The number of nitrogens with one attached hydrogen (secondary N) is 2. The van der Waals surface area contributed by atoms with Crippen molar-refractivity contribution in [1.82, 2.24) is 14.9 Å². The molecule has 1 amide bonds. The SMILES string of the molecule is CC1CN(C(C)CNC(=O)CCNS(=O)(=O)c2ccccc2)CC(C)O1. The Labute approximate surface area is 156 Å². The lowest BCUT2D eigenvalue weighted by molar-refractivity contribution is -0.121. The van der Waals surface area contributed by atoms with Crippen LogP contribution in [-0.2, 0) is 19.6 Å². The zero-order chi connectivity index (χ0) is 19.2. The van der Waals surface area contributed by atoms with Crippen molar-refractivity contribution in [3.05, 3.63) is 30.3 Å². The van der Waals surface area contributed by atoms with Crippen LogP contribution in [-0.4, -0.2) is 63.7 Å². The van der Waals surface area contributed by atoms with Gasteiger partial charge in [0, 0.05) is 38.6 Å². The van der Waals surface area contributed by atoms with Crippen molar-refractivity contribution >= 4 is 15.9 Å². The van der Waals surface area contributed by atoms with Gasteiger partial charge in [-0.15, -0.1) is 0 Å². The maximum Gasteiger partial charge on any atom is 0.240 e. The Morgan fingerprint density at radius 1 is 1.23 bits per heavy atom. The molecule has 0 saturated carbocycles. The minimum atomic E-state index is -3.57. The van der Waals surface area contributed by atoms with Crippen LogP contribution in [0.25, 0.3) is 0 Å². The van der Waals surface area contributed by atoms with Crippen LogP contribution in [0.1, 0.15) is 27.2 Å². The molecule has 1 aromatic carbocycles. The summed E-state index contributed by atoms with van der Waals surface area (Å²) in [6, 6.07) is 8.33. The number of benzene rings is 1. The molecule has 0 bridgehead atoms. The number of hydrogen-bond acceptors (Lipinski definition) is 5. The summed E-state index contributed by atoms with van der Waals surface area (Å²) in [6.07, 6.45) is 0.475. The maximum absolute atomic E-state index is 12.1.